The normalized spacial score (nSPS) is 21.7. The van der Waals surface area contributed by atoms with Gasteiger partial charge < -0.3 is 4.90 Å². The van der Waals surface area contributed by atoms with Gasteiger partial charge in [0.2, 0.25) is 0 Å². The van der Waals surface area contributed by atoms with E-state index in [1.807, 2.05) is 0 Å². The molecule has 2 aliphatic rings. The van der Waals surface area contributed by atoms with E-state index in [-0.39, 0.29) is 12.4 Å². The maximum absolute atomic E-state index is 2.36. The summed E-state index contributed by atoms with van der Waals surface area (Å²) in [4.78, 5) is 2.28. The number of halogens is 1. The maximum Gasteiger partial charge on any atom is 0.0230 e. The highest BCUT2D eigenvalue weighted by atomic mass is 35.5. The van der Waals surface area contributed by atoms with Gasteiger partial charge in [0, 0.05) is 12.5 Å². The van der Waals surface area contributed by atoms with Crippen LogP contribution in [0.1, 0.15) is 46.1 Å². The van der Waals surface area contributed by atoms with Crippen LogP contribution >= 0.6 is 12.4 Å². The molecule has 0 N–H and O–H groups in total. The number of rotatable bonds is 2. The molecule has 0 saturated carbocycles. The Morgan fingerprint density at radius 1 is 1.00 bits per heavy atom. The average Bonchev–Trinajstić information content (AvgIpc) is 2.74. The third-order valence-electron chi connectivity index (χ3n) is 4.92. The van der Waals surface area contributed by atoms with Crippen molar-refractivity contribution < 1.29 is 0 Å². The van der Waals surface area contributed by atoms with Crippen LogP contribution in [0.15, 0.2) is 42.5 Å². The molecule has 21 heavy (non-hydrogen) atoms. The highest BCUT2D eigenvalue weighted by molar-refractivity contribution is 5.85. The minimum absolute atomic E-state index is 0. The molecule has 0 amide bonds. The molecule has 2 aliphatic carbocycles. The van der Waals surface area contributed by atoms with Crippen LogP contribution in [0.3, 0.4) is 0 Å². The zero-order valence-electron chi connectivity index (χ0n) is 12.7. The minimum atomic E-state index is 0. The third-order valence-corrected chi connectivity index (χ3v) is 4.92. The zero-order valence-corrected chi connectivity index (χ0v) is 13.5. The fourth-order valence-corrected chi connectivity index (χ4v) is 4.25. The van der Waals surface area contributed by atoms with Crippen LogP contribution in [0.4, 0.5) is 0 Å². The molecule has 2 unspecified atom stereocenters. The predicted molar refractivity (Wildman–Crippen MR) is 90.4 cm³/mol. The van der Waals surface area contributed by atoms with Crippen molar-refractivity contribution in [1.82, 2.24) is 4.90 Å². The van der Waals surface area contributed by atoms with E-state index in [1.54, 1.807) is 22.3 Å². The molecule has 0 heterocycles. The van der Waals surface area contributed by atoms with Crippen LogP contribution in [-0.2, 0) is 13.0 Å². The van der Waals surface area contributed by atoms with Crippen LogP contribution in [0.25, 0.3) is 0 Å². The number of benzene rings is 2. The van der Waals surface area contributed by atoms with Crippen molar-refractivity contribution >= 4 is 12.4 Å². The molecular formula is C19H22ClN. The van der Waals surface area contributed by atoms with Crippen LogP contribution in [0.2, 0.25) is 0 Å². The highest BCUT2D eigenvalue weighted by Gasteiger charge is 2.38. The van der Waals surface area contributed by atoms with E-state index in [1.165, 1.54) is 18.4 Å². The molecule has 0 aliphatic heterocycles. The molecule has 110 valence electrons. The lowest BCUT2D eigenvalue weighted by molar-refractivity contribution is 0.399. The molecule has 0 fully saturated rings. The average molecular weight is 300 g/mol. The molecule has 0 aromatic heterocycles. The molecule has 0 spiro atoms. The van der Waals surface area contributed by atoms with Crippen molar-refractivity contribution in [3.05, 3.63) is 70.3 Å². The Bertz CT molecular complexity index is 662. The minimum Gasteiger partial charge on any atom is -0.305 e. The summed E-state index contributed by atoms with van der Waals surface area (Å²) in [5, 5.41) is 0. The van der Waals surface area contributed by atoms with Crippen molar-refractivity contribution in [2.45, 2.75) is 31.2 Å². The first-order valence-corrected chi connectivity index (χ1v) is 7.58. The molecule has 2 aromatic rings. The Labute approximate surface area is 133 Å². The van der Waals surface area contributed by atoms with Gasteiger partial charge in [0.15, 0.2) is 0 Å². The van der Waals surface area contributed by atoms with Crippen molar-refractivity contribution in [2.24, 2.45) is 0 Å². The van der Waals surface area contributed by atoms with Crippen molar-refractivity contribution in [1.29, 1.82) is 0 Å². The van der Waals surface area contributed by atoms with Crippen LogP contribution < -0.4 is 0 Å². The summed E-state index contributed by atoms with van der Waals surface area (Å²) in [5.41, 5.74) is 7.93. The fraction of sp³-hybridized carbons (Fsp3) is 0.368. The molecule has 2 atom stereocenters. The van der Waals surface area contributed by atoms with Gasteiger partial charge >= 0.3 is 0 Å². The van der Waals surface area contributed by atoms with E-state index in [2.05, 4.69) is 61.5 Å². The highest BCUT2D eigenvalue weighted by Crippen LogP contribution is 2.52. The van der Waals surface area contributed by atoms with Gasteiger partial charge in [-0.05, 0) is 60.7 Å². The van der Waals surface area contributed by atoms with Gasteiger partial charge in [0.25, 0.3) is 0 Å². The summed E-state index contributed by atoms with van der Waals surface area (Å²) in [6.45, 7) is 1.06. The van der Waals surface area contributed by atoms with E-state index in [0.29, 0.717) is 5.92 Å². The van der Waals surface area contributed by atoms with Crippen molar-refractivity contribution in [3.63, 3.8) is 0 Å². The quantitative estimate of drug-likeness (QED) is 0.797. The van der Waals surface area contributed by atoms with Gasteiger partial charge in [-0.1, -0.05) is 42.5 Å². The monoisotopic (exact) mass is 299 g/mol. The van der Waals surface area contributed by atoms with Gasteiger partial charge in [0.05, 0.1) is 0 Å². The first-order valence-electron chi connectivity index (χ1n) is 7.58. The molecule has 2 bridgehead atoms. The smallest absolute Gasteiger partial charge is 0.0230 e. The molecule has 1 nitrogen and oxygen atoms in total. The van der Waals surface area contributed by atoms with Crippen LogP contribution in [0, 0.1) is 0 Å². The standard InChI is InChI=1S/C19H21N.ClH/c1-20(2)12-14-7-5-9-17-18-11-15(19(14)17)10-13-6-3-4-8-16(13)18;/h3-9,15,18H,10-12H2,1-2H3;1H. The largest absolute Gasteiger partial charge is 0.305 e. The Kier molecular flexibility index (Phi) is 3.81. The molecule has 2 heteroatoms. The summed E-state index contributed by atoms with van der Waals surface area (Å²) in [6, 6.07) is 16.0. The lowest BCUT2D eigenvalue weighted by Crippen LogP contribution is -2.14. The number of hydrogen-bond donors (Lipinski definition) is 0. The predicted octanol–water partition coefficient (Wildman–Crippen LogP) is 4.35. The van der Waals surface area contributed by atoms with Gasteiger partial charge in [-0.15, -0.1) is 12.4 Å². The zero-order chi connectivity index (χ0) is 13.7. The van der Waals surface area contributed by atoms with E-state index < -0.39 is 0 Å². The first-order chi connectivity index (χ1) is 9.74. The second-order valence-electron chi connectivity index (χ2n) is 6.55. The SMILES string of the molecule is CN(C)Cc1cccc2c1C1Cc3ccccc3C2C1.Cl. The Morgan fingerprint density at radius 3 is 2.57 bits per heavy atom. The van der Waals surface area contributed by atoms with Crippen LogP contribution in [-0.4, -0.2) is 19.0 Å². The molecule has 0 saturated heterocycles. The lowest BCUT2D eigenvalue weighted by atomic mass is 9.81. The lowest BCUT2D eigenvalue weighted by Gasteiger charge is -2.23. The Balaban J connectivity index is 0.00000132. The summed E-state index contributed by atoms with van der Waals surface area (Å²) in [5.74, 6) is 1.38. The maximum atomic E-state index is 2.36. The van der Waals surface area contributed by atoms with Gasteiger partial charge in [-0.3, -0.25) is 0 Å². The summed E-state index contributed by atoms with van der Waals surface area (Å²) >= 11 is 0. The van der Waals surface area contributed by atoms with E-state index in [9.17, 15) is 0 Å². The summed E-state index contributed by atoms with van der Waals surface area (Å²) < 4.78 is 0. The Morgan fingerprint density at radius 2 is 1.76 bits per heavy atom. The van der Waals surface area contributed by atoms with E-state index >= 15 is 0 Å². The molecule has 2 aromatic carbocycles. The van der Waals surface area contributed by atoms with Gasteiger partial charge in [0.1, 0.15) is 0 Å². The van der Waals surface area contributed by atoms with Crippen molar-refractivity contribution in [3.8, 4) is 0 Å². The van der Waals surface area contributed by atoms with E-state index in [0.717, 1.165) is 12.5 Å². The molecule has 4 rings (SSSR count). The molecular weight excluding hydrogens is 278 g/mol. The summed E-state index contributed by atoms with van der Waals surface area (Å²) in [6.07, 6.45) is 2.54. The Hall–Kier alpha value is -1.31. The van der Waals surface area contributed by atoms with Crippen molar-refractivity contribution in [2.75, 3.05) is 14.1 Å². The second-order valence-corrected chi connectivity index (χ2v) is 6.55. The second kappa shape index (κ2) is 5.47. The van der Waals surface area contributed by atoms with Gasteiger partial charge in [-0.25, -0.2) is 0 Å². The number of hydrogen-bond acceptors (Lipinski definition) is 1. The first kappa shape index (κ1) is 14.6. The van der Waals surface area contributed by atoms with Gasteiger partial charge in [-0.2, -0.15) is 0 Å². The van der Waals surface area contributed by atoms with Crippen LogP contribution in [0.5, 0.6) is 0 Å². The third kappa shape index (κ3) is 2.29. The number of fused-ring (bicyclic) bond motifs is 7. The summed E-state index contributed by atoms with van der Waals surface area (Å²) in [7, 11) is 4.32. The topological polar surface area (TPSA) is 3.24 Å². The number of nitrogens with zero attached hydrogens (tertiary/aromatic N) is 1. The van der Waals surface area contributed by atoms with E-state index in [4.69, 9.17) is 0 Å². The fourth-order valence-electron chi connectivity index (χ4n) is 4.25. The molecule has 0 radical (unpaired) electrons.